The molecule has 0 aliphatic carbocycles. The number of hydrogen-bond donors (Lipinski definition) is 1. The number of halogens is 1. The molecule has 0 aliphatic heterocycles. The molecule has 1 aromatic heterocycles. The lowest BCUT2D eigenvalue weighted by atomic mass is 10.1. The number of rotatable bonds is 3. The molecular weight excluding hydrogens is 285 g/mol. The highest BCUT2D eigenvalue weighted by Gasteiger charge is 2.21. The number of anilines is 2. The Balaban J connectivity index is 2.21. The molecule has 5 nitrogen and oxygen atoms in total. The number of aryl methyl sites for hydroxylation is 1. The van der Waals surface area contributed by atoms with Gasteiger partial charge in [-0.2, -0.15) is 0 Å². The Labute approximate surface area is 126 Å². The summed E-state index contributed by atoms with van der Waals surface area (Å²) in [5.74, 6) is -1.19. The summed E-state index contributed by atoms with van der Waals surface area (Å²) in [5, 5.41) is 2.93. The number of carbonyl (C=O) groups excluding carboxylic acids is 1. The van der Waals surface area contributed by atoms with Crippen LogP contribution in [0.5, 0.6) is 0 Å². The second-order valence-corrected chi connectivity index (χ2v) is 4.82. The van der Waals surface area contributed by atoms with E-state index in [4.69, 9.17) is 4.74 Å². The molecule has 1 N–H and O–H groups in total. The summed E-state index contributed by atoms with van der Waals surface area (Å²) in [4.78, 5) is 16.0. The molecular formula is C16H14FN3O2. The van der Waals surface area contributed by atoms with Gasteiger partial charge in [-0.3, -0.25) is 0 Å². The summed E-state index contributed by atoms with van der Waals surface area (Å²) in [6.07, 6.45) is 1.50. The predicted molar refractivity (Wildman–Crippen MR) is 81.7 cm³/mol. The number of benzene rings is 2. The molecule has 0 saturated heterocycles. The lowest BCUT2D eigenvalue weighted by Gasteiger charge is -2.13. The highest BCUT2D eigenvalue weighted by atomic mass is 19.1. The van der Waals surface area contributed by atoms with E-state index < -0.39 is 11.8 Å². The van der Waals surface area contributed by atoms with Crippen LogP contribution in [0.15, 0.2) is 42.7 Å². The first-order valence-electron chi connectivity index (χ1n) is 6.65. The quantitative estimate of drug-likeness (QED) is 0.754. The molecule has 3 aromatic rings. The minimum atomic E-state index is -0.611. The summed E-state index contributed by atoms with van der Waals surface area (Å²) in [7, 11) is 3.00. The topological polar surface area (TPSA) is 56.1 Å². The van der Waals surface area contributed by atoms with Gasteiger partial charge in [-0.1, -0.05) is 18.2 Å². The first kappa shape index (κ1) is 14.1. The van der Waals surface area contributed by atoms with E-state index in [1.165, 1.54) is 13.4 Å². The minimum Gasteiger partial charge on any atom is -0.465 e. The summed E-state index contributed by atoms with van der Waals surface area (Å²) in [6, 6.07) is 10.6. The van der Waals surface area contributed by atoms with Gasteiger partial charge in [0.25, 0.3) is 0 Å². The van der Waals surface area contributed by atoms with E-state index in [0.717, 1.165) is 0 Å². The van der Waals surface area contributed by atoms with Gasteiger partial charge in [0, 0.05) is 12.7 Å². The largest absolute Gasteiger partial charge is 0.465 e. The van der Waals surface area contributed by atoms with Gasteiger partial charge in [0.15, 0.2) is 5.82 Å². The van der Waals surface area contributed by atoms with Crippen LogP contribution in [0, 0.1) is 5.82 Å². The Hall–Kier alpha value is -2.89. The van der Waals surface area contributed by atoms with Crippen LogP contribution in [0.25, 0.3) is 11.0 Å². The summed E-state index contributed by atoms with van der Waals surface area (Å²) >= 11 is 0. The van der Waals surface area contributed by atoms with Crippen LogP contribution < -0.4 is 5.32 Å². The van der Waals surface area contributed by atoms with Crippen molar-refractivity contribution in [2.45, 2.75) is 0 Å². The van der Waals surface area contributed by atoms with Crippen molar-refractivity contribution < 1.29 is 13.9 Å². The lowest BCUT2D eigenvalue weighted by Crippen LogP contribution is -2.08. The molecule has 0 spiro atoms. The molecule has 0 unspecified atom stereocenters. The predicted octanol–water partition coefficient (Wildman–Crippen LogP) is 3.24. The number of methoxy groups -OCH3 is 1. The SMILES string of the molecule is COC(=O)c1cc2c(ncn2C)c(F)c1Nc1ccccc1. The number of aromatic nitrogens is 2. The average molecular weight is 299 g/mol. The van der Waals surface area contributed by atoms with Crippen molar-refractivity contribution in [3.05, 3.63) is 54.1 Å². The zero-order valence-corrected chi connectivity index (χ0v) is 12.1. The molecule has 112 valence electrons. The van der Waals surface area contributed by atoms with Crippen LogP contribution in [0.4, 0.5) is 15.8 Å². The Bertz CT molecular complexity index is 843. The van der Waals surface area contributed by atoms with Gasteiger partial charge >= 0.3 is 5.97 Å². The molecule has 0 amide bonds. The second-order valence-electron chi connectivity index (χ2n) is 4.82. The van der Waals surface area contributed by atoms with Crippen LogP contribution in [0.1, 0.15) is 10.4 Å². The maximum Gasteiger partial charge on any atom is 0.340 e. The molecule has 0 saturated carbocycles. The van der Waals surface area contributed by atoms with Gasteiger partial charge in [-0.15, -0.1) is 0 Å². The number of nitrogens with one attached hydrogen (secondary N) is 1. The molecule has 2 aromatic carbocycles. The van der Waals surface area contributed by atoms with Crippen molar-refractivity contribution in [3.8, 4) is 0 Å². The fourth-order valence-corrected chi connectivity index (χ4v) is 2.28. The van der Waals surface area contributed by atoms with E-state index >= 15 is 0 Å². The highest BCUT2D eigenvalue weighted by molar-refractivity contribution is 6.01. The zero-order valence-electron chi connectivity index (χ0n) is 12.1. The van der Waals surface area contributed by atoms with E-state index in [2.05, 4.69) is 10.3 Å². The van der Waals surface area contributed by atoms with Gasteiger partial charge in [0.1, 0.15) is 5.52 Å². The third-order valence-electron chi connectivity index (χ3n) is 3.41. The molecule has 0 bridgehead atoms. The number of ether oxygens (including phenoxy) is 1. The van der Waals surface area contributed by atoms with Gasteiger partial charge in [0.2, 0.25) is 0 Å². The Morgan fingerprint density at radius 3 is 2.73 bits per heavy atom. The van der Waals surface area contributed by atoms with Gasteiger partial charge in [-0.05, 0) is 18.2 Å². The van der Waals surface area contributed by atoms with Crippen LogP contribution in [0.3, 0.4) is 0 Å². The molecule has 6 heteroatoms. The standard InChI is InChI=1S/C16H14FN3O2/c1-20-9-18-15-12(20)8-11(16(21)22-2)14(13(15)17)19-10-6-4-3-5-7-10/h3-9,19H,1-2H3. The fourth-order valence-electron chi connectivity index (χ4n) is 2.28. The third kappa shape index (κ3) is 2.28. The smallest absolute Gasteiger partial charge is 0.340 e. The van der Waals surface area contributed by atoms with Crippen molar-refractivity contribution in [2.75, 3.05) is 12.4 Å². The Morgan fingerprint density at radius 2 is 2.05 bits per heavy atom. The van der Waals surface area contributed by atoms with E-state index in [-0.39, 0.29) is 16.8 Å². The maximum absolute atomic E-state index is 14.8. The molecule has 0 aliphatic rings. The number of carbonyl (C=O) groups is 1. The summed E-state index contributed by atoms with van der Waals surface area (Å²) in [5.41, 5.74) is 1.58. The van der Waals surface area contributed by atoms with Crippen molar-refractivity contribution >= 4 is 28.4 Å². The van der Waals surface area contributed by atoms with Crippen molar-refractivity contribution in [1.29, 1.82) is 0 Å². The number of para-hydroxylation sites is 1. The van der Waals surface area contributed by atoms with Crippen LogP contribution in [0.2, 0.25) is 0 Å². The molecule has 1 heterocycles. The molecule has 0 fully saturated rings. The van der Waals surface area contributed by atoms with E-state index in [1.807, 2.05) is 18.2 Å². The number of esters is 1. The zero-order chi connectivity index (χ0) is 15.7. The average Bonchev–Trinajstić information content (AvgIpc) is 2.91. The number of fused-ring (bicyclic) bond motifs is 1. The van der Waals surface area contributed by atoms with Crippen molar-refractivity contribution in [3.63, 3.8) is 0 Å². The minimum absolute atomic E-state index is 0.0595. The number of nitrogens with zero attached hydrogens (tertiary/aromatic N) is 2. The van der Waals surface area contributed by atoms with E-state index in [9.17, 15) is 9.18 Å². The lowest BCUT2D eigenvalue weighted by molar-refractivity contribution is 0.0601. The highest BCUT2D eigenvalue weighted by Crippen LogP contribution is 2.30. The van der Waals surface area contributed by atoms with Gasteiger partial charge < -0.3 is 14.6 Å². The van der Waals surface area contributed by atoms with E-state index in [1.54, 1.807) is 29.8 Å². The molecule has 0 atom stereocenters. The summed E-state index contributed by atoms with van der Waals surface area (Å²) < 4.78 is 21.2. The van der Waals surface area contributed by atoms with Crippen LogP contribution in [-0.4, -0.2) is 22.6 Å². The Kier molecular flexibility index (Phi) is 3.50. The first-order valence-corrected chi connectivity index (χ1v) is 6.65. The fraction of sp³-hybridized carbons (Fsp3) is 0.125. The molecule has 22 heavy (non-hydrogen) atoms. The monoisotopic (exact) mass is 299 g/mol. The van der Waals surface area contributed by atoms with Crippen molar-refractivity contribution in [1.82, 2.24) is 9.55 Å². The second kappa shape index (κ2) is 5.48. The summed E-state index contributed by atoms with van der Waals surface area (Å²) in [6.45, 7) is 0. The van der Waals surface area contributed by atoms with Gasteiger partial charge in [0.05, 0.1) is 30.2 Å². The third-order valence-corrected chi connectivity index (χ3v) is 3.41. The van der Waals surface area contributed by atoms with E-state index in [0.29, 0.717) is 11.2 Å². The molecule has 0 radical (unpaired) electrons. The molecule has 3 rings (SSSR count). The normalized spacial score (nSPS) is 10.7. The van der Waals surface area contributed by atoms with Crippen LogP contribution in [-0.2, 0) is 11.8 Å². The Morgan fingerprint density at radius 1 is 1.32 bits per heavy atom. The maximum atomic E-state index is 14.8. The number of hydrogen-bond acceptors (Lipinski definition) is 4. The van der Waals surface area contributed by atoms with Gasteiger partial charge in [-0.25, -0.2) is 14.2 Å². The number of imidazole rings is 1. The first-order chi connectivity index (χ1) is 10.6. The van der Waals surface area contributed by atoms with Crippen molar-refractivity contribution in [2.24, 2.45) is 7.05 Å². The van der Waals surface area contributed by atoms with Crippen LogP contribution >= 0.6 is 0 Å².